The van der Waals surface area contributed by atoms with Crippen molar-refractivity contribution in [2.24, 2.45) is 0 Å². The van der Waals surface area contributed by atoms with E-state index in [-0.39, 0.29) is 24.1 Å². The second-order valence-corrected chi connectivity index (χ2v) is 8.70. The smallest absolute Gasteiger partial charge is 0.315 e. The molecule has 1 aromatic rings. The molecular formula is C16H22N2O4S. The molecule has 7 heteroatoms. The number of carbonyl (C=O) groups excluding carboxylic acids is 1. The van der Waals surface area contributed by atoms with Gasteiger partial charge in [0.05, 0.1) is 18.1 Å². The fourth-order valence-corrected chi connectivity index (χ4v) is 5.13. The van der Waals surface area contributed by atoms with Crippen LogP contribution in [0.25, 0.3) is 0 Å². The molecule has 3 rings (SSSR count). The van der Waals surface area contributed by atoms with Crippen molar-refractivity contribution in [2.45, 2.75) is 37.3 Å². The van der Waals surface area contributed by atoms with Gasteiger partial charge in [-0.2, -0.15) is 0 Å². The number of aliphatic hydroxyl groups is 1. The van der Waals surface area contributed by atoms with Crippen LogP contribution in [0.4, 0.5) is 4.79 Å². The number of rotatable bonds is 3. The Balaban J connectivity index is 1.59. The summed E-state index contributed by atoms with van der Waals surface area (Å²) in [6.45, 7) is 0.120. The first-order valence-electron chi connectivity index (χ1n) is 7.94. The number of benzene rings is 1. The van der Waals surface area contributed by atoms with Gasteiger partial charge in [0.1, 0.15) is 5.60 Å². The fraction of sp³-hybridized carbons (Fsp3) is 0.562. The highest BCUT2D eigenvalue weighted by Crippen LogP contribution is 2.34. The van der Waals surface area contributed by atoms with Gasteiger partial charge in [-0.05, 0) is 36.8 Å². The molecule has 0 aromatic heterocycles. The summed E-state index contributed by atoms with van der Waals surface area (Å²) in [5, 5.41) is 16.2. The fourth-order valence-electron chi connectivity index (χ4n) is 3.45. The maximum Gasteiger partial charge on any atom is 0.315 e. The highest BCUT2D eigenvalue weighted by Gasteiger charge is 2.35. The molecule has 1 heterocycles. The Morgan fingerprint density at radius 2 is 2.13 bits per heavy atom. The number of sulfone groups is 1. The Morgan fingerprint density at radius 1 is 1.35 bits per heavy atom. The summed E-state index contributed by atoms with van der Waals surface area (Å²) < 4.78 is 22.8. The van der Waals surface area contributed by atoms with E-state index in [1.165, 1.54) is 0 Å². The van der Waals surface area contributed by atoms with Gasteiger partial charge in [0.15, 0.2) is 9.84 Å². The Morgan fingerprint density at radius 3 is 2.87 bits per heavy atom. The maximum absolute atomic E-state index is 12.0. The van der Waals surface area contributed by atoms with E-state index >= 15 is 0 Å². The molecule has 0 bridgehead atoms. The molecule has 0 saturated carbocycles. The number of amides is 2. The van der Waals surface area contributed by atoms with Crippen molar-refractivity contribution in [1.29, 1.82) is 0 Å². The Kier molecular flexibility index (Phi) is 4.33. The van der Waals surface area contributed by atoms with Crippen molar-refractivity contribution < 1.29 is 18.3 Å². The van der Waals surface area contributed by atoms with Crippen molar-refractivity contribution in [3.8, 4) is 0 Å². The molecule has 23 heavy (non-hydrogen) atoms. The largest absolute Gasteiger partial charge is 0.383 e. The molecule has 6 nitrogen and oxygen atoms in total. The van der Waals surface area contributed by atoms with Crippen LogP contribution in [0.2, 0.25) is 0 Å². The van der Waals surface area contributed by atoms with Crippen LogP contribution >= 0.6 is 0 Å². The number of fused-ring (bicyclic) bond motifs is 1. The van der Waals surface area contributed by atoms with Crippen LogP contribution in [-0.4, -0.2) is 43.6 Å². The van der Waals surface area contributed by atoms with Crippen LogP contribution in [0.1, 0.15) is 30.4 Å². The lowest BCUT2D eigenvalue weighted by Gasteiger charge is -2.34. The SMILES string of the molecule is O=C(NC[C@@]1(O)CCCc2ccccc21)N[C@@H]1CCS(=O)(=O)C1. The molecule has 1 saturated heterocycles. The van der Waals surface area contributed by atoms with Crippen molar-refractivity contribution in [2.75, 3.05) is 18.1 Å². The van der Waals surface area contributed by atoms with Gasteiger partial charge >= 0.3 is 6.03 Å². The van der Waals surface area contributed by atoms with Gasteiger partial charge in [-0.25, -0.2) is 13.2 Å². The zero-order valence-electron chi connectivity index (χ0n) is 12.9. The van der Waals surface area contributed by atoms with Crippen LogP contribution < -0.4 is 10.6 Å². The molecule has 1 aliphatic heterocycles. The van der Waals surface area contributed by atoms with Crippen LogP contribution in [0.3, 0.4) is 0 Å². The van der Waals surface area contributed by atoms with Gasteiger partial charge in [-0.3, -0.25) is 0 Å². The van der Waals surface area contributed by atoms with Gasteiger partial charge < -0.3 is 15.7 Å². The van der Waals surface area contributed by atoms with Crippen LogP contribution in [0.5, 0.6) is 0 Å². The Bertz CT molecular complexity index is 704. The molecule has 1 aromatic carbocycles. The summed E-state index contributed by atoms with van der Waals surface area (Å²) in [5.41, 5.74) is 0.925. The van der Waals surface area contributed by atoms with Crippen molar-refractivity contribution >= 4 is 15.9 Å². The summed E-state index contributed by atoms with van der Waals surface area (Å²) in [4.78, 5) is 12.0. The van der Waals surface area contributed by atoms with Crippen molar-refractivity contribution in [3.63, 3.8) is 0 Å². The van der Waals surface area contributed by atoms with Gasteiger partial charge in [-0.15, -0.1) is 0 Å². The van der Waals surface area contributed by atoms with E-state index < -0.39 is 21.5 Å². The summed E-state index contributed by atoms with van der Waals surface area (Å²) in [6.07, 6.45) is 2.85. The average molecular weight is 338 g/mol. The number of hydrogen-bond donors (Lipinski definition) is 3. The second-order valence-electron chi connectivity index (χ2n) is 6.47. The normalized spacial score (nSPS) is 28.8. The Hall–Kier alpha value is -1.60. The predicted molar refractivity (Wildman–Crippen MR) is 86.9 cm³/mol. The third-order valence-electron chi connectivity index (χ3n) is 4.66. The molecule has 2 atom stereocenters. The molecule has 2 amide bonds. The molecule has 0 unspecified atom stereocenters. The lowest BCUT2D eigenvalue weighted by atomic mass is 9.79. The molecule has 0 radical (unpaired) electrons. The second kappa shape index (κ2) is 6.13. The summed E-state index contributed by atoms with van der Waals surface area (Å²) >= 11 is 0. The first-order valence-corrected chi connectivity index (χ1v) is 9.76. The van der Waals surface area contributed by atoms with E-state index in [1.54, 1.807) is 0 Å². The predicted octanol–water partition coefficient (Wildman–Crippen LogP) is 0.697. The lowest BCUT2D eigenvalue weighted by molar-refractivity contribution is 0.0216. The monoisotopic (exact) mass is 338 g/mol. The number of carbonyl (C=O) groups is 1. The highest BCUT2D eigenvalue weighted by molar-refractivity contribution is 7.91. The minimum Gasteiger partial charge on any atom is -0.383 e. The van der Waals surface area contributed by atoms with E-state index in [1.807, 2.05) is 24.3 Å². The standard InChI is InChI=1S/C16H22N2O4S/c19-15(18-13-7-9-23(21,22)10-13)17-11-16(20)8-3-5-12-4-1-2-6-14(12)16/h1-2,4,6,13,20H,3,5,7-11H2,(H2,17,18,19)/t13-,16+/m1/s1. The summed E-state index contributed by atoms with van der Waals surface area (Å²) in [5.74, 6) is 0.114. The highest BCUT2D eigenvalue weighted by atomic mass is 32.2. The molecule has 126 valence electrons. The Labute approximate surface area is 136 Å². The van der Waals surface area contributed by atoms with E-state index in [9.17, 15) is 18.3 Å². The third-order valence-corrected chi connectivity index (χ3v) is 6.43. The quantitative estimate of drug-likeness (QED) is 0.756. The zero-order valence-corrected chi connectivity index (χ0v) is 13.7. The minimum absolute atomic E-state index is 0.00643. The van der Waals surface area contributed by atoms with Crippen LogP contribution in [0, 0.1) is 0 Å². The average Bonchev–Trinajstić information content (AvgIpc) is 2.85. The number of nitrogens with one attached hydrogen (secondary N) is 2. The van der Waals surface area contributed by atoms with Gasteiger partial charge in [0, 0.05) is 6.04 Å². The molecule has 2 aliphatic rings. The molecule has 1 fully saturated rings. The maximum atomic E-state index is 12.0. The van der Waals surface area contributed by atoms with E-state index in [0.29, 0.717) is 12.8 Å². The van der Waals surface area contributed by atoms with E-state index in [4.69, 9.17) is 0 Å². The number of aryl methyl sites for hydroxylation is 1. The van der Waals surface area contributed by atoms with Crippen LogP contribution in [-0.2, 0) is 21.9 Å². The van der Waals surface area contributed by atoms with Gasteiger partial charge in [-0.1, -0.05) is 24.3 Å². The number of urea groups is 1. The topological polar surface area (TPSA) is 95.5 Å². The minimum atomic E-state index is -3.02. The summed E-state index contributed by atoms with van der Waals surface area (Å²) in [7, 11) is -3.02. The van der Waals surface area contributed by atoms with Crippen LogP contribution in [0.15, 0.2) is 24.3 Å². The third kappa shape index (κ3) is 3.67. The zero-order chi connectivity index (χ0) is 16.5. The van der Waals surface area contributed by atoms with Gasteiger partial charge in [0.2, 0.25) is 0 Å². The molecule has 1 aliphatic carbocycles. The molecular weight excluding hydrogens is 316 g/mol. The summed E-state index contributed by atoms with van der Waals surface area (Å²) in [6, 6.07) is 6.97. The molecule has 3 N–H and O–H groups in total. The first kappa shape index (κ1) is 16.3. The first-order chi connectivity index (χ1) is 10.9. The van der Waals surface area contributed by atoms with E-state index in [2.05, 4.69) is 10.6 Å². The van der Waals surface area contributed by atoms with E-state index in [0.717, 1.165) is 24.0 Å². The number of hydrogen-bond acceptors (Lipinski definition) is 4. The van der Waals surface area contributed by atoms with Crippen molar-refractivity contribution in [3.05, 3.63) is 35.4 Å². The molecule has 0 spiro atoms. The van der Waals surface area contributed by atoms with Gasteiger partial charge in [0.25, 0.3) is 0 Å². The lowest BCUT2D eigenvalue weighted by Crippen LogP contribution is -2.48. The van der Waals surface area contributed by atoms with Crippen molar-refractivity contribution in [1.82, 2.24) is 10.6 Å².